The number of hydrogen-bond donors (Lipinski definition) is 3. The lowest BCUT2D eigenvalue weighted by molar-refractivity contribution is 0.0793. The monoisotopic (exact) mass is 289 g/mol. The zero-order valence-electron chi connectivity index (χ0n) is 12.5. The van der Waals surface area contributed by atoms with Crippen molar-refractivity contribution in [2.24, 2.45) is 0 Å². The molecule has 0 amide bonds. The molecule has 1 heterocycles. The number of nitrogens with zero attached hydrogens (tertiary/aromatic N) is 2. The van der Waals surface area contributed by atoms with E-state index in [9.17, 15) is 10.2 Å². The standard InChI is InChI=1S/C16H23N3O2/c1-3-16(10-20,11-21)18-13(2)14-4-6-15(7-5-14)19-9-8-17-12-19/h4-9,12-13,18,20-21H,3,10-11H2,1-2H3. The van der Waals surface area contributed by atoms with E-state index in [0.29, 0.717) is 6.42 Å². The van der Waals surface area contributed by atoms with Crippen molar-refractivity contribution in [1.29, 1.82) is 0 Å². The van der Waals surface area contributed by atoms with Crippen molar-refractivity contribution in [2.45, 2.75) is 31.8 Å². The van der Waals surface area contributed by atoms with Gasteiger partial charge in [0.1, 0.15) is 0 Å². The van der Waals surface area contributed by atoms with Crippen molar-refractivity contribution in [3.05, 3.63) is 48.5 Å². The number of nitrogens with one attached hydrogen (secondary N) is 1. The third kappa shape index (κ3) is 3.50. The molecule has 2 aromatic rings. The van der Waals surface area contributed by atoms with Crippen LogP contribution in [0.15, 0.2) is 43.0 Å². The highest BCUT2D eigenvalue weighted by molar-refractivity contribution is 5.35. The second-order valence-electron chi connectivity index (χ2n) is 5.38. The molecule has 0 radical (unpaired) electrons. The summed E-state index contributed by atoms with van der Waals surface area (Å²) in [6, 6.07) is 8.19. The van der Waals surface area contributed by atoms with Crippen LogP contribution in [-0.2, 0) is 0 Å². The summed E-state index contributed by atoms with van der Waals surface area (Å²) in [6.07, 6.45) is 6.07. The van der Waals surface area contributed by atoms with Gasteiger partial charge in [-0.25, -0.2) is 4.98 Å². The van der Waals surface area contributed by atoms with Gasteiger partial charge in [0.25, 0.3) is 0 Å². The Morgan fingerprint density at radius 2 is 1.90 bits per heavy atom. The minimum atomic E-state index is -0.636. The Balaban J connectivity index is 2.11. The van der Waals surface area contributed by atoms with Gasteiger partial charge in [-0.05, 0) is 31.0 Å². The van der Waals surface area contributed by atoms with Crippen LogP contribution in [0.3, 0.4) is 0 Å². The lowest BCUT2D eigenvalue weighted by Crippen LogP contribution is -2.52. The molecule has 5 nitrogen and oxygen atoms in total. The largest absolute Gasteiger partial charge is 0.394 e. The lowest BCUT2D eigenvalue weighted by Gasteiger charge is -2.33. The Bertz CT molecular complexity index is 525. The molecule has 0 saturated heterocycles. The zero-order valence-corrected chi connectivity index (χ0v) is 12.5. The van der Waals surface area contributed by atoms with E-state index in [2.05, 4.69) is 10.3 Å². The van der Waals surface area contributed by atoms with Gasteiger partial charge in [0.15, 0.2) is 0 Å². The van der Waals surface area contributed by atoms with Crippen LogP contribution in [0.25, 0.3) is 5.69 Å². The van der Waals surface area contributed by atoms with Gasteiger partial charge >= 0.3 is 0 Å². The SMILES string of the molecule is CCC(CO)(CO)NC(C)c1ccc(-n2ccnc2)cc1. The van der Waals surface area contributed by atoms with E-state index >= 15 is 0 Å². The number of rotatable bonds is 7. The molecule has 5 heteroatoms. The summed E-state index contributed by atoms with van der Waals surface area (Å²) in [5.41, 5.74) is 1.52. The first-order valence-electron chi connectivity index (χ1n) is 7.22. The van der Waals surface area contributed by atoms with Gasteiger partial charge in [-0.15, -0.1) is 0 Å². The molecule has 114 valence electrons. The Morgan fingerprint density at radius 3 is 2.38 bits per heavy atom. The number of benzene rings is 1. The first-order valence-corrected chi connectivity index (χ1v) is 7.22. The minimum Gasteiger partial charge on any atom is -0.394 e. The predicted molar refractivity (Wildman–Crippen MR) is 82.3 cm³/mol. The van der Waals surface area contributed by atoms with Gasteiger partial charge in [0.2, 0.25) is 0 Å². The first-order chi connectivity index (χ1) is 10.1. The highest BCUT2D eigenvalue weighted by atomic mass is 16.3. The normalized spacial score (nSPS) is 13.3. The molecule has 0 spiro atoms. The molecule has 2 rings (SSSR count). The van der Waals surface area contributed by atoms with Crippen molar-refractivity contribution >= 4 is 0 Å². The smallest absolute Gasteiger partial charge is 0.0991 e. The summed E-state index contributed by atoms with van der Waals surface area (Å²) in [7, 11) is 0. The van der Waals surface area contributed by atoms with E-state index in [4.69, 9.17) is 0 Å². The van der Waals surface area contributed by atoms with Crippen LogP contribution in [0.2, 0.25) is 0 Å². The van der Waals surface area contributed by atoms with Gasteiger partial charge in [0.05, 0.1) is 25.1 Å². The van der Waals surface area contributed by atoms with Crippen molar-refractivity contribution in [3.8, 4) is 5.69 Å². The molecular weight excluding hydrogens is 266 g/mol. The van der Waals surface area contributed by atoms with Gasteiger partial charge in [-0.3, -0.25) is 0 Å². The van der Waals surface area contributed by atoms with Crippen molar-refractivity contribution < 1.29 is 10.2 Å². The summed E-state index contributed by atoms with van der Waals surface area (Å²) in [6.45, 7) is 3.81. The van der Waals surface area contributed by atoms with Crippen LogP contribution >= 0.6 is 0 Å². The van der Waals surface area contributed by atoms with Gasteiger partial charge in [-0.2, -0.15) is 0 Å². The maximum Gasteiger partial charge on any atom is 0.0991 e. The first kappa shape index (κ1) is 15.7. The lowest BCUT2D eigenvalue weighted by atomic mass is 9.95. The third-order valence-corrected chi connectivity index (χ3v) is 4.00. The summed E-state index contributed by atoms with van der Waals surface area (Å²) in [5.74, 6) is 0. The van der Waals surface area contributed by atoms with Crippen LogP contribution in [0.5, 0.6) is 0 Å². The van der Waals surface area contributed by atoms with E-state index in [-0.39, 0.29) is 19.3 Å². The van der Waals surface area contributed by atoms with E-state index in [1.54, 1.807) is 12.5 Å². The molecule has 1 aromatic heterocycles. The average molecular weight is 289 g/mol. The topological polar surface area (TPSA) is 70.3 Å². The van der Waals surface area contributed by atoms with Crippen molar-refractivity contribution in [2.75, 3.05) is 13.2 Å². The number of hydrogen-bond acceptors (Lipinski definition) is 4. The number of aromatic nitrogens is 2. The summed E-state index contributed by atoms with van der Waals surface area (Å²) in [5, 5.41) is 22.3. The van der Waals surface area contributed by atoms with Crippen LogP contribution in [-0.4, -0.2) is 38.5 Å². The molecule has 0 aliphatic carbocycles. The number of aliphatic hydroxyl groups is 2. The fourth-order valence-corrected chi connectivity index (χ4v) is 2.36. The van der Waals surface area contributed by atoms with E-state index < -0.39 is 5.54 Å². The van der Waals surface area contributed by atoms with Crippen LogP contribution in [0.1, 0.15) is 31.9 Å². The van der Waals surface area contributed by atoms with E-state index in [0.717, 1.165) is 11.3 Å². The highest BCUT2D eigenvalue weighted by Gasteiger charge is 2.28. The highest BCUT2D eigenvalue weighted by Crippen LogP contribution is 2.20. The molecular formula is C16H23N3O2. The molecule has 1 aromatic carbocycles. The number of imidazole rings is 1. The Hall–Kier alpha value is -1.69. The molecule has 1 atom stereocenters. The molecule has 0 aliphatic heterocycles. The van der Waals surface area contributed by atoms with Crippen LogP contribution in [0.4, 0.5) is 0 Å². The van der Waals surface area contributed by atoms with Crippen molar-refractivity contribution in [3.63, 3.8) is 0 Å². The predicted octanol–water partition coefficient (Wildman–Crippen LogP) is 1.66. The summed E-state index contributed by atoms with van der Waals surface area (Å²) < 4.78 is 1.94. The van der Waals surface area contributed by atoms with Gasteiger partial charge in [0, 0.05) is 24.1 Å². The second kappa shape index (κ2) is 6.85. The van der Waals surface area contributed by atoms with E-state index in [1.165, 1.54) is 0 Å². The summed E-state index contributed by atoms with van der Waals surface area (Å²) in [4.78, 5) is 4.03. The van der Waals surface area contributed by atoms with Gasteiger partial charge < -0.3 is 20.1 Å². The Labute approximate surface area is 125 Å². The molecule has 0 fully saturated rings. The zero-order chi connectivity index (χ0) is 15.3. The molecule has 3 N–H and O–H groups in total. The van der Waals surface area contributed by atoms with Crippen molar-refractivity contribution in [1.82, 2.24) is 14.9 Å². The minimum absolute atomic E-state index is 0.0427. The second-order valence-corrected chi connectivity index (χ2v) is 5.38. The maximum atomic E-state index is 9.51. The Morgan fingerprint density at radius 1 is 1.24 bits per heavy atom. The molecule has 21 heavy (non-hydrogen) atoms. The molecule has 1 unspecified atom stereocenters. The molecule has 0 aliphatic rings. The van der Waals surface area contributed by atoms with Crippen LogP contribution in [0, 0.1) is 0 Å². The fraction of sp³-hybridized carbons (Fsp3) is 0.438. The Kier molecular flexibility index (Phi) is 5.12. The summed E-state index contributed by atoms with van der Waals surface area (Å²) >= 11 is 0. The quantitative estimate of drug-likeness (QED) is 0.725. The average Bonchev–Trinajstić information content (AvgIpc) is 3.07. The third-order valence-electron chi connectivity index (χ3n) is 4.00. The number of aliphatic hydroxyl groups excluding tert-OH is 2. The maximum absolute atomic E-state index is 9.51. The van der Waals surface area contributed by atoms with E-state index in [1.807, 2.05) is 48.9 Å². The van der Waals surface area contributed by atoms with Crippen LogP contribution < -0.4 is 5.32 Å². The fourth-order valence-electron chi connectivity index (χ4n) is 2.36. The van der Waals surface area contributed by atoms with Gasteiger partial charge in [-0.1, -0.05) is 19.1 Å². The molecule has 0 saturated carbocycles. The molecule has 0 bridgehead atoms.